The first-order valence-corrected chi connectivity index (χ1v) is 7.86. The third-order valence-electron chi connectivity index (χ3n) is 3.52. The lowest BCUT2D eigenvalue weighted by molar-refractivity contribution is -0.383. The van der Waals surface area contributed by atoms with Crippen molar-refractivity contribution in [2.75, 3.05) is 23.9 Å². The van der Waals surface area contributed by atoms with Crippen LogP contribution in [0.3, 0.4) is 0 Å². The van der Waals surface area contributed by atoms with Crippen LogP contribution in [0.15, 0.2) is 36.7 Å². The number of aromatic nitrogens is 2. The average molecular weight is 344 g/mol. The minimum Gasteiger partial charge on any atom is -0.354 e. The number of amides is 1. The van der Waals surface area contributed by atoms with E-state index in [1.165, 1.54) is 6.33 Å². The van der Waals surface area contributed by atoms with Gasteiger partial charge >= 0.3 is 5.69 Å². The van der Waals surface area contributed by atoms with E-state index < -0.39 is 10.8 Å². The SMILES string of the molecule is CCCCN(C)c1ncnc(NNC(=O)c2ccccc2)c1[N+](=O)[O-]. The van der Waals surface area contributed by atoms with E-state index in [0.717, 1.165) is 12.8 Å². The van der Waals surface area contributed by atoms with E-state index in [1.807, 2.05) is 6.92 Å². The standard InChI is InChI=1S/C16H20N6O3/c1-3-4-10-21(2)15-13(22(24)25)14(17-11-18-15)19-20-16(23)12-8-6-5-7-9-12/h5-9,11H,3-4,10H2,1-2H3,(H,20,23)(H,17,18,19). The van der Waals surface area contributed by atoms with Crippen LogP contribution in [0.4, 0.5) is 17.3 Å². The fourth-order valence-electron chi connectivity index (χ4n) is 2.19. The van der Waals surface area contributed by atoms with Crippen molar-refractivity contribution in [3.8, 4) is 0 Å². The van der Waals surface area contributed by atoms with Crippen LogP contribution in [0.25, 0.3) is 0 Å². The third kappa shape index (κ3) is 4.63. The van der Waals surface area contributed by atoms with Crippen LogP contribution in [0.1, 0.15) is 30.1 Å². The van der Waals surface area contributed by atoms with Gasteiger partial charge in [-0.2, -0.15) is 0 Å². The monoisotopic (exact) mass is 344 g/mol. The van der Waals surface area contributed by atoms with Gasteiger partial charge in [-0.25, -0.2) is 9.97 Å². The van der Waals surface area contributed by atoms with E-state index in [2.05, 4.69) is 20.8 Å². The number of nitrogens with zero attached hydrogens (tertiary/aromatic N) is 4. The van der Waals surface area contributed by atoms with Gasteiger partial charge in [-0.15, -0.1) is 0 Å². The summed E-state index contributed by atoms with van der Waals surface area (Å²) in [6, 6.07) is 8.51. The molecule has 0 unspecified atom stereocenters. The summed E-state index contributed by atoms with van der Waals surface area (Å²) in [6.07, 6.45) is 3.06. The van der Waals surface area contributed by atoms with Gasteiger partial charge in [0.25, 0.3) is 5.91 Å². The lowest BCUT2D eigenvalue weighted by Crippen LogP contribution is -2.30. The summed E-state index contributed by atoms with van der Waals surface area (Å²) < 4.78 is 0. The molecule has 2 aromatic rings. The Bertz CT molecular complexity index is 738. The van der Waals surface area contributed by atoms with Crippen LogP contribution in [0, 0.1) is 10.1 Å². The summed E-state index contributed by atoms with van der Waals surface area (Å²) in [7, 11) is 1.73. The van der Waals surface area contributed by atoms with E-state index in [9.17, 15) is 14.9 Å². The second-order valence-corrected chi connectivity index (χ2v) is 5.37. The Hall–Kier alpha value is -3.23. The summed E-state index contributed by atoms with van der Waals surface area (Å²) in [6.45, 7) is 2.67. The molecule has 0 radical (unpaired) electrons. The molecule has 0 fully saturated rings. The molecule has 132 valence electrons. The molecule has 1 amide bonds. The summed E-state index contributed by atoms with van der Waals surface area (Å²) in [5, 5.41) is 11.5. The predicted octanol–water partition coefficient (Wildman–Crippen LogP) is 2.38. The average Bonchev–Trinajstić information content (AvgIpc) is 2.64. The first-order chi connectivity index (χ1) is 12.0. The number of unbranched alkanes of at least 4 members (excludes halogenated alkanes) is 1. The third-order valence-corrected chi connectivity index (χ3v) is 3.52. The van der Waals surface area contributed by atoms with Gasteiger partial charge in [0.15, 0.2) is 0 Å². The molecule has 2 rings (SSSR count). The van der Waals surface area contributed by atoms with E-state index in [0.29, 0.717) is 12.1 Å². The molecule has 0 aliphatic rings. The number of hydrogen-bond donors (Lipinski definition) is 2. The van der Waals surface area contributed by atoms with Crippen molar-refractivity contribution < 1.29 is 9.72 Å². The topological polar surface area (TPSA) is 113 Å². The summed E-state index contributed by atoms with van der Waals surface area (Å²) >= 11 is 0. The molecule has 0 saturated heterocycles. The molecule has 2 N–H and O–H groups in total. The van der Waals surface area contributed by atoms with Crippen LogP contribution in [0.5, 0.6) is 0 Å². The zero-order valence-corrected chi connectivity index (χ0v) is 14.1. The Morgan fingerprint density at radius 1 is 1.28 bits per heavy atom. The Morgan fingerprint density at radius 2 is 2.00 bits per heavy atom. The molecule has 0 spiro atoms. The minimum atomic E-state index is -0.561. The van der Waals surface area contributed by atoms with Crippen LogP contribution < -0.4 is 15.8 Å². The summed E-state index contributed by atoms with van der Waals surface area (Å²) in [4.78, 5) is 32.6. The van der Waals surface area contributed by atoms with Gasteiger partial charge in [0, 0.05) is 19.2 Å². The summed E-state index contributed by atoms with van der Waals surface area (Å²) in [5.41, 5.74) is 5.08. The largest absolute Gasteiger partial charge is 0.355 e. The first kappa shape index (κ1) is 18.1. The molecule has 1 aromatic carbocycles. The molecule has 25 heavy (non-hydrogen) atoms. The Labute approximate surface area is 145 Å². The maximum atomic E-state index is 12.1. The zero-order chi connectivity index (χ0) is 18.2. The number of anilines is 2. The maximum Gasteiger partial charge on any atom is 0.355 e. The van der Waals surface area contributed by atoms with Crippen molar-refractivity contribution in [1.29, 1.82) is 0 Å². The lowest BCUT2D eigenvalue weighted by atomic mass is 10.2. The van der Waals surface area contributed by atoms with Crippen molar-refractivity contribution in [2.24, 2.45) is 0 Å². The van der Waals surface area contributed by atoms with Crippen LogP contribution in [-0.2, 0) is 0 Å². The normalized spacial score (nSPS) is 10.2. The minimum absolute atomic E-state index is 0.0670. The summed E-state index contributed by atoms with van der Waals surface area (Å²) in [5.74, 6) is -0.290. The van der Waals surface area contributed by atoms with Crippen molar-refractivity contribution in [2.45, 2.75) is 19.8 Å². The molecular formula is C16H20N6O3. The molecule has 1 aromatic heterocycles. The Balaban J connectivity index is 2.20. The van der Waals surface area contributed by atoms with Crippen LogP contribution in [-0.4, -0.2) is 34.4 Å². The Kier molecular flexibility index (Phi) is 6.21. The van der Waals surface area contributed by atoms with Gasteiger partial charge in [0.2, 0.25) is 11.6 Å². The van der Waals surface area contributed by atoms with E-state index in [4.69, 9.17) is 0 Å². The molecule has 9 nitrogen and oxygen atoms in total. The van der Waals surface area contributed by atoms with E-state index in [1.54, 1.807) is 42.3 Å². The van der Waals surface area contributed by atoms with Gasteiger partial charge in [-0.3, -0.25) is 25.8 Å². The molecule has 0 saturated carbocycles. The second-order valence-electron chi connectivity index (χ2n) is 5.37. The molecule has 0 atom stereocenters. The van der Waals surface area contributed by atoms with E-state index >= 15 is 0 Å². The molecule has 9 heteroatoms. The van der Waals surface area contributed by atoms with Gasteiger partial charge in [0.1, 0.15) is 6.33 Å². The fraction of sp³-hybridized carbons (Fsp3) is 0.312. The molecule has 0 aliphatic heterocycles. The van der Waals surface area contributed by atoms with Crippen molar-refractivity contribution in [3.05, 3.63) is 52.3 Å². The molecule has 1 heterocycles. The van der Waals surface area contributed by atoms with Gasteiger partial charge in [-0.05, 0) is 18.6 Å². The highest BCUT2D eigenvalue weighted by molar-refractivity contribution is 5.95. The van der Waals surface area contributed by atoms with Gasteiger partial charge < -0.3 is 4.90 Å². The van der Waals surface area contributed by atoms with Crippen LogP contribution >= 0.6 is 0 Å². The highest BCUT2D eigenvalue weighted by Crippen LogP contribution is 2.30. The highest BCUT2D eigenvalue weighted by Gasteiger charge is 2.25. The van der Waals surface area contributed by atoms with Crippen LogP contribution in [0.2, 0.25) is 0 Å². The quantitative estimate of drug-likeness (QED) is 0.558. The number of rotatable bonds is 8. The predicted molar refractivity (Wildman–Crippen MR) is 94.4 cm³/mol. The fourth-order valence-corrected chi connectivity index (χ4v) is 2.19. The number of carbonyl (C=O) groups excluding carboxylic acids is 1. The maximum absolute atomic E-state index is 12.1. The van der Waals surface area contributed by atoms with Crippen molar-refractivity contribution in [3.63, 3.8) is 0 Å². The first-order valence-electron chi connectivity index (χ1n) is 7.86. The smallest absolute Gasteiger partial charge is 0.354 e. The number of benzene rings is 1. The zero-order valence-electron chi connectivity index (χ0n) is 14.1. The molecule has 0 aliphatic carbocycles. The highest BCUT2D eigenvalue weighted by atomic mass is 16.6. The number of hydrogen-bond acceptors (Lipinski definition) is 7. The number of hydrazine groups is 1. The number of nitrogens with one attached hydrogen (secondary N) is 2. The van der Waals surface area contributed by atoms with Gasteiger partial charge in [-0.1, -0.05) is 31.5 Å². The molecule has 0 bridgehead atoms. The molecular weight excluding hydrogens is 324 g/mol. The van der Waals surface area contributed by atoms with E-state index in [-0.39, 0.29) is 17.3 Å². The second kappa shape index (κ2) is 8.57. The number of carbonyl (C=O) groups is 1. The lowest BCUT2D eigenvalue weighted by Gasteiger charge is -2.18. The van der Waals surface area contributed by atoms with Crippen molar-refractivity contribution in [1.82, 2.24) is 15.4 Å². The van der Waals surface area contributed by atoms with Gasteiger partial charge in [0.05, 0.1) is 4.92 Å². The number of nitro groups is 1. The Morgan fingerprint density at radius 3 is 2.64 bits per heavy atom. The van der Waals surface area contributed by atoms with Crippen molar-refractivity contribution >= 4 is 23.2 Å².